The molecule has 0 saturated heterocycles. The topological polar surface area (TPSA) is 18.5 Å². The van der Waals surface area contributed by atoms with Crippen molar-refractivity contribution in [1.29, 1.82) is 0 Å². The van der Waals surface area contributed by atoms with Gasteiger partial charge in [0.15, 0.2) is 0 Å². The fourth-order valence-corrected chi connectivity index (χ4v) is 1.34. The zero-order chi connectivity index (χ0) is 11.6. The summed E-state index contributed by atoms with van der Waals surface area (Å²) in [7, 11) is 0. The molecule has 0 atom stereocenters. The highest BCUT2D eigenvalue weighted by atomic mass is 16.5. The van der Waals surface area contributed by atoms with E-state index < -0.39 is 0 Å². The lowest BCUT2D eigenvalue weighted by atomic mass is 10.1. The number of rotatable bonds is 7. The van der Waals surface area contributed by atoms with E-state index in [1.807, 2.05) is 26.0 Å². The maximum atomic E-state index is 5.52. The molecule has 0 unspecified atom stereocenters. The second-order valence-corrected chi connectivity index (χ2v) is 3.46. The van der Waals surface area contributed by atoms with Crippen LogP contribution in [0.3, 0.4) is 0 Å². The van der Waals surface area contributed by atoms with Crippen molar-refractivity contribution in [3.63, 3.8) is 0 Å². The van der Waals surface area contributed by atoms with Gasteiger partial charge < -0.3 is 9.47 Å². The van der Waals surface area contributed by atoms with Crippen LogP contribution in [0, 0.1) is 0 Å². The molecule has 0 bridgehead atoms. The highest BCUT2D eigenvalue weighted by molar-refractivity contribution is 5.28. The Bertz CT molecular complexity index is 301. The maximum absolute atomic E-state index is 5.52. The van der Waals surface area contributed by atoms with E-state index in [1.165, 1.54) is 5.56 Å². The van der Waals surface area contributed by atoms with Gasteiger partial charge in [0.2, 0.25) is 0 Å². The number of ether oxygens (including phenoxy) is 2. The lowest BCUT2D eigenvalue weighted by Gasteiger charge is -2.06. The van der Waals surface area contributed by atoms with Crippen LogP contribution in [0.5, 0.6) is 5.75 Å². The third-order valence-corrected chi connectivity index (χ3v) is 2.21. The summed E-state index contributed by atoms with van der Waals surface area (Å²) in [5.41, 5.74) is 1.30. The second kappa shape index (κ2) is 7.94. The summed E-state index contributed by atoms with van der Waals surface area (Å²) < 4.78 is 10.7. The quantitative estimate of drug-likeness (QED) is 0.519. The molecule has 0 aliphatic carbocycles. The van der Waals surface area contributed by atoms with Crippen LogP contribution in [0.2, 0.25) is 0 Å². The van der Waals surface area contributed by atoms with Crippen LogP contribution in [0.15, 0.2) is 36.4 Å². The largest absolute Gasteiger partial charge is 0.491 e. The molecular formula is C14H20O2. The Morgan fingerprint density at radius 1 is 1.12 bits per heavy atom. The molecule has 2 heteroatoms. The minimum Gasteiger partial charge on any atom is -0.491 e. The van der Waals surface area contributed by atoms with E-state index in [0.717, 1.165) is 18.8 Å². The molecule has 0 aromatic heterocycles. The molecule has 0 amide bonds. The number of benzene rings is 1. The number of allylic oxidation sites excluding steroid dienone is 2. The average molecular weight is 220 g/mol. The molecule has 1 aromatic rings. The minimum atomic E-state index is 0.613. The lowest BCUT2D eigenvalue weighted by Crippen LogP contribution is -2.06. The smallest absolute Gasteiger partial charge is 0.119 e. The fraction of sp³-hybridized carbons (Fsp3) is 0.429. The predicted molar refractivity (Wildman–Crippen MR) is 66.9 cm³/mol. The summed E-state index contributed by atoms with van der Waals surface area (Å²) in [4.78, 5) is 0. The normalized spacial score (nSPS) is 10.9. The van der Waals surface area contributed by atoms with E-state index in [2.05, 4.69) is 24.3 Å². The van der Waals surface area contributed by atoms with Gasteiger partial charge in [-0.1, -0.05) is 24.3 Å². The van der Waals surface area contributed by atoms with Gasteiger partial charge in [-0.2, -0.15) is 0 Å². The second-order valence-electron chi connectivity index (χ2n) is 3.46. The van der Waals surface area contributed by atoms with Crippen molar-refractivity contribution in [2.24, 2.45) is 0 Å². The molecule has 16 heavy (non-hydrogen) atoms. The molecule has 0 saturated carbocycles. The highest BCUT2D eigenvalue weighted by Gasteiger charge is 1.94. The zero-order valence-electron chi connectivity index (χ0n) is 10.1. The van der Waals surface area contributed by atoms with Gasteiger partial charge in [-0.25, -0.2) is 0 Å². The number of hydrogen-bond donors (Lipinski definition) is 0. The Balaban J connectivity index is 2.33. The Hall–Kier alpha value is -1.28. The molecule has 1 aromatic carbocycles. The standard InChI is InChI=1S/C14H20O2/c1-3-5-6-13-7-9-14(10-8-13)16-12-11-15-4-2/h3,5,7-10H,4,6,11-12H2,1-2H3/b5-3+. The van der Waals surface area contributed by atoms with Gasteiger partial charge in [-0.15, -0.1) is 0 Å². The maximum Gasteiger partial charge on any atom is 0.119 e. The monoisotopic (exact) mass is 220 g/mol. The van der Waals surface area contributed by atoms with Crippen molar-refractivity contribution >= 4 is 0 Å². The first-order valence-electron chi connectivity index (χ1n) is 5.77. The summed E-state index contributed by atoms with van der Waals surface area (Å²) in [5, 5.41) is 0. The summed E-state index contributed by atoms with van der Waals surface area (Å²) in [5.74, 6) is 0.906. The van der Waals surface area contributed by atoms with Crippen molar-refractivity contribution in [3.05, 3.63) is 42.0 Å². The van der Waals surface area contributed by atoms with Gasteiger partial charge in [0, 0.05) is 6.61 Å². The zero-order valence-corrected chi connectivity index (χ0v) is 10.1. The molecule has 0 heterocycles. The first-order valence-corrected chi connectivity index (χ1v) is 5.77. The van der Waals surface area contributed by atoms with E-state index in [-0.39, 0.29) is 0 Å². The molecule has 0 N–H and O–H groups in total. The van der Waals surface area contributed by atoms with Gasteiger partial charge in [0.1, 0.15) is 12.4 Å². The minimum absolute atomic E-state index is 0.613. The first kappa shape index (κ1) is 12.8. The molecule has 0 radical (unpaired) electrons. The highest BCUT2D eigenvalue weighted by Crippen LogP contribution is 2.12. The molecule has 0 aliphatic heterocycles. The van der Waals surface area contributed by atoms with Crippen molar-refractivity contribution in [2.45, 2.75) is 20.3 Å². The third kappa shape index (κ3) is 4.99. The molecule has 2 nitrogen and oxygen atoms in total. The molecule has 88 valence electrons. The van der Waals surface area contributed by atoms with E-state index in [4.69, 9.17) is 9.47 Å². The van der Waals surface area contributed by atoms with Gasteiger partial charge in [0.05, 0.1) is 6.61 Å². The summed E-state index contributed by atoms with van der Waals surface area (Å²) in [6.07, 6.45) is 5.19. The SMILES string of the molecule is C/C=C/Cc1ccc(OCCOCC)cc1. The van der Waals surface area contributed by atoms with Gasteiger partial charge in [-0.05, 0) is 38.0 Å². The Kier molecular flexibility index (Phi) is 6.35. The lowest BCUT2D eigenvalue weighted by molar-refractivity contribution is 0.110. The third-order valence-electron chi connectivity index (χ3n) is 2.21. The van der Waals surface area contributed by atoms with Crippen LogP contribution in [0.4, 0.5) is 0 Å². The van der Waals surface area contributed by atoms with Crippen molar-refractivity contribution in [2.75, 3.05) is 19.8 Å². The van der Waals surface area contributed by atoms with E-state index in [1.54, 1.807) is 0 Å². The molecule has 0 fully saturated rings. The Morgan fingerprint density at radius 2 is 1.88 bits per heavy atom. The Labute approximate surface area is 97.9 Å². The van der Waals surface area contributed by atoms with Crippen molar-refractivity contribution in [1.82, 2.24) is 0 Å². The van der Waals surface area contributed by atoms with Crippen LogP contribution >= 0.6 is 0 Å². The average Bonchev–Trinajstić information content (AvgIpc) is 2.33. The predicted octanol–water partition coefficient (Wildman–Crippen LogP) is 3.22. The first-order chi connectivity index (χ1) is 7.86. The van der Waals surface area contributed by atoms with Crippen LogP contribution < -0.4 is 4.74 Å². The molecule has 0 spiro atoms. The van der Waals surface area contributed by atoms with E-state index >= 15 is 0 Å². The van der Waals surface area contributed by atoms with Gasteiger partial charge in [-0.3, -0.25) is 0 Å². The van der Waals surface area contributed by atoms with Crippen molar-refractivity contribution in [3.8, 4) is 5.75 Å². The van der Waals surface area contributed by atoms with E-state index in [0.29, 0.717) is 13.2 Å². The van der Waals surface area contributed by atoms with Gasteiger partial charge >= 0.3 is 0 Å². The molecule has 0 aliphatic rings. The summed E-state index contributed by atoms with van der Waals surface area (Å²) >= 11 is 0. The summed E-state index contributed by atoms with van der Waals surface area (Å²) in [6.45, 7) is 6.02. The molecule has 1 rings (SSSR count). The van der Waals surface area contributed by atoms with Gasteiger partial charge in [0.25, 0.3) is 0 Å². The van der Waals surface area contributed by atoms with Crippen molar-refractivity contribution < 1.29 is 9.47 Å². The number of hydrogen-bond acceptors (Lipinski definition) is 2. The van der Waals surface area contributed by atoms with Crippen LogP contribution in [-0.2, 0) is 11.2 Å². The van der Waals surface area contributed by atoms with E-state index in [9.17, 15) is 0 Å². The summed E-state index contributed by atoms with van der Waals surface area (Å²) in [6, 6.07) is 8.20. The van der Waals surface area contributed by atoms with Crippen LogP contribution in [0.1, 0.15) is 19.4 Å². The Morgan fingerprint density at radius 3 is 2.50 bits per heavy atom. The van der Waals surface area contributed by atoms with Crippen LogP contribution in [0.25, 0.3) is 0 Å². The molecular weight excluding hydrogens is 200 g/mol. The van der Waals surface area contributed by atoms with Crippen LogP contribution in [-0.4, -0.2) is 19.8 Å². The fourth-order valence-electron chi connectivity index (χ4n) is 1.34.